The smallest absolute Gasteiger partial charge is 0.306 e. The summed E-state index contributed by atoms with van der Waals surface area (Å²) in [6.45, 7) is 7.30. The Morgan fingerprint density at radius 2 is 1.83 bits per heavy atom. The molecule has 0 aromatic heterocycles. The van der Waals surface area contributed by atoms with Gasteiger partial charge in [-0.2, -0.15) is 0 Å². The van der Waals surface area contributed by atoms with E-state index in [9.17, 15) is 24.3 Å². The predicted molar refractivity (Wildman–Crippen MR) is 128 cm³/mol. The zero-order valence-electron chi connectivity index (χ0n) is 21.6. The number of carbonyl (C=O) groups is 4. The molecule has 0 aliphatic heterocycles. The number of ether oxygens (including phenoxy) is 2. The first-order valence-electron chi connectivity index (χ1n) is 13.3. The third kappa shape index (κ3) is 4.08. The van der Waals surface area contributed by atoms with Crippen molar-refractivity contribution in [2.45, 2.75) is 104 Å². The lowest BCUT2D eigenvalue weighted by Crippen LogP contribution is -2.63. The highest BCUT2D eigenvalue weighted by Gasteiger charge is 2.70. The SMILES string of the molecule is CCCC(=O)O[C@]1(C(=O)COC(=O)CC)CC[C@H]2[C@@H]3CCC4=CC(=O)CC[C@]4(C)[C@H]3C(O)C[C@@]21C. The molecule has 1 unspecified atom stereocenters. The van der Waals surface area contributed by atoms with Crippen LogP contribution in [0.2, 0.25) is 0 Å². The molecule has 4 aliphatic rings. The van der Waals surface area contributed by atoms with Gasteiger partial charge in [0.1, 0.15) is 0 Å². The van der Waals surface area contributed by atoms with Gasteiger partial charge < -0.3 is 14.6 Å². The van der Waals surface area contributed by atoms with Crippen molar-refractivity contribution in [1.82, 2.24) is 0 Å². The van der Waals surface area contributed by atoms with Crippen molar-refractivity contribution < 1.29 is 33.8 Å². The molecule has 0 bridgehead atoms. The molecule has 0 radical (unpaired) electrons. The van der Waals surface area contributed by atoms with Crippen LogP contribution in [0.1, 0.15) is 91.9 Å². The highest BCUT2D eigenvalue weighted by Crippen LogP contribution is 2.68. The maximum absolute atomic E-state index is 13.7. The molecule has 0 aromatic rings. The van der Waals surface area contributed by atoms with Crippen molar-refractivity contribution in [1.29, 1.82) is 0 Å². The number of hydrogen-bond donors (Lipinski definition) is 1. The molecule has 1 N–H and O–H groups in total. The molecule has 4 rings (SSSR count). The Kier molecular flexibility index (Phi) is 7.04. The fraction of sp³-hybridized carbons (Fsp3) is 0.786. The first kappa shape index (κ1) is 26.1. The Bertz CT molecular complexity index is 938. The number of carbonyl (C=O) groups excluding carboxylic acids is 4. The first-order chi connectivity index (χ1) is 16.5. The fourth-order valence-electron chi connectivity index (χ4n) is 8.17. The van der Waals surface area contributed by atoms with Crippen molar-refractivity contribution in [3.63, 3.8) is 0 Å². The molecule has 7 nitrogen and oxygen atoms in total. The number of hydrogen-bond acceptors (Lipinski definition) is 7. The topological polar surface area (TPSA) is 107 Å². The number of Topliss-reactive ketones (excluding diaryl/α,β-unsaturated/α-hetero) is 1. The van der Waals surface area contributed by atoms with Crippen molar-refractivity contribution >= 4 is 23.5 Å². The largest absolute Gasteiger partial charge is 0.457 e. The lowest BCUT2D eigenvalue weighted by Gasteiger charge is -2.60. The standard InChI is InChI=1S/C28H40O7/c1-5-7-24(33)35-28(22(31)16-34-23(32)6-2)13-11-20-19-9-8-17-14-18(29)10-12-26(17,3)25(19)21(30)15-27(20,28)4/h14,19-21,25,30H,5-13,15-16H2,1-4H3/t19-,20-,21?,25+,26-,27-,28-/m0/s1. The second-order valence-corrected chi connectivity index (χ2v) is 11.6. The molecular weight excluding hydrogens is 448 g/mol. The van der Waals surface area contributed by atoms with Gasteiger partial charge in [-0.15, -0.1) is 0 Å². The highest BCUT2D eigenvalue weighted by molar-refractivity contribution is 5.93. The van der Waals surface area contributed by atoms with Gasteiger partial charge in [-0.3, -0.25) is 19.2 Å². The minimum atomic E-state index is -1.41. The van der Waals surface area contributed by atoms with Crippen molar-refractivity contribution in [2.24, 2.45) is 28.6 Å². The van der Waals surface area contributed by atoms with Gasteiger partial charge in [0.2, 0.25) is 5.78 Å². The van der Waals surface area contributed by atoms with E-state index in [1.165, 1.54) is 0 Å². The third-order valence-corrected chi connectivity index (χ3v) is 9.86. The number of rotatable bonds is 7. The lowest BCUT2D eigenvalue weighted by atomic mass is 9.45. The van der Waals surface area contributed by atoms with Crippen LogP contribution in [0, 0.1) is 28.6 Å². The van der Waals surface area contributed by atoms with E-state index in [1.807, 2.05) is 13.8 Å². The summed E-state index contributed by atoms with van der Waals surface area (Å²) in [7, 11) is 0. The van der Waals surface area contributed by atoms with E-state index in [-0.39, 0.29) is 47.6 Å². The van der Waals surface area contributed by atoms with Crippen molar-refractivity contribution in [2.75, 3.05) is 6.61 Å². The Labute approximate surface area is 208 Å². The normalized spacial score (nSPS) is 40.1. The first-order valence-corrected chi connectivity index (χ1v) is 13.3. The monoisotopic (exact) mass is 488 g/mol. The summed E-state index contributed by atoms with van der Waals surface area (Å²) in [5.41, 5.74) is -1.25. The Balaban J connectivity index is 1.70. The van der Waals surface area contributed by atoms with Crippen LogP contribution in [0.4, 0.5) is 0 Å². The summed E-state index contributed by atoms with van der Waals surface area (Å²) in [6.07, 6.45) is 6.41. The molecule has 7 heteroatoms. The van der Waals surface area contributed by atoms with E-state index in [4.69, 9.17) is 9.47 Å². The van der Waals surface area contributed by atoms with E-state index in [2.05, 4.69) is 6.92 Å². The van der Waals surface area contributed by atoms with Gasteiger partial charge in [-0.1, -0.05) is 33.3 Å². The Hall–Kier alpha value is -2.02. The zero-order chi connectivity index (χ0) is 25.6. The summed E-state index contributed by atoms with van der Waals surface area (Å²) in [4.78, 5) is 50.4. The van der Waals surface area contributed by atoms with Gasteiger partial charge in [0, 0.05) is 24.7 Å². The van der Waals surface area contributed by atoms with Gasteiger partial charge in [-0.05, 0) is 74.2 Å². The molecule has 0 spiro atoms. The Morgan fingerprint density at radius 3 is 2.51 bits per heavy atom. The van der Waals surface area contributed by atoms with Crippen LogP contribution in [0.15, 0.2) is 11.6 Å². The molecule has 0 aromatic carbocycles. The average molecular weight is 489 g/mol. The number of aliphatic hydroxyl groups excluding tert-OH is 1. The van der Waals surface area contributed by atoms with Crippen LogP contribution in [-0.4, -0.2) is 46.9 Å². The summed E-state index contributed by atoms with van der Waals surface area (Å²) in [5, 5.41) is 11.6. The van der Waals surface area contributed by atoms with Gasteiger partial charge in [0.25, 0.3) is 0 Å². The Morgan fingerprint density at radius 1 is 1.09 bits per heavy atom. The van der Waals surface area contributed by atoms with E-state index in [1.54, 1.807) is 13.0 Å². The average Bonchev–Trinajstić information content (AvgIpc) is 3.09. The van der Waals surface area contributed by atoms with Crippen LogP contribution >= 0.6 is 0 Å². The maximum Gasteiger partial charge on any atom is 0.306 e. The summed E-state index contributed by atoms with van der Waals surface area (Å²) in [5.74, 6) is -0.852. The van der Waals surface area contributed by atoms with Crippen LogP contribution in [0.5, 0.6) is 0 Å². The number of ketones is 2. The van der Waals surface area contributed by atoms with Gasteiger partial charge in [0.15, 0.2) is 18.0 Å². The maximum atomic E-state index is 13.7. The quantitative estimate of drug-likeness (QED) is 0.538. The zero-order valence-corrected chi connectivity index (χ0v) is 21.6. The molecule has 35 heavy (non-hydrogen) atoms. The number of aliphatic hydroxyl groups is 1. The molecule has 0 amide bonds. The number of fused-ring (bicyclic) bond motifs is 5. The van der Waals surface area contributed by atoms with Crippen LogP contribution in [0.3, 0.4) is 0 Å². The summed E-state index contributed by atoms with van der Waals surface area (Å²) in [6, 6.07) is 0. The minimum Gasteiger partial charge on any atom is -0.457 e. The lowest BCUT2D eigenvalue weighted by molar-refractivity contribution is -0.203. The second kappa shape index (κ2) is 9.45. The molecule has 7 atom stereocenters. The number of esters is 2. The molecule has 0 heterocycles. The molecule has 4 aliphatic carbocycles. The molecule has 3 fully saturated rings. The molecule has 194 valence electrons. The molecule has 0 saturated heterocycles. The van der Waals surface area contributed by atoms with Crippen LogP contribution in [-0.2, 0) is 28.7 Å². The van der Waals surface area contributed by atoms with Crippen LogP contribution in [0.25, 0.3) is 0 Å². The summed E-state index contributed by atoms with van der Waals surface area (Å²) < 4.78 is 11.3. The van der Waals surface area contributed by atoms with E-state index < -0.39 is 35.7 Å². The third-order valence-electron chi connectivity index (χ3n) is 9.86. The van der Waals surface area contributed by atoms with E-state index in [0.29, 0.717) is 32.1 Å². The minimum absolute atomic E-state index is 0.00356. The van der Waals surface area contributed by atoms with Crippen molar-refractivity contribution in [3.05, 3.63) is 11.6 Å². The van der Waals surface area contributed by atoms with Gasteiger partial charge in [0.05, 0.1) is 6.10 Å². The van der Waals surface area contributed by atoms with Gasteiger partial charge >= 0.3 is 11.9 Å². The van der Waals surface area contributed by atoms with E-state index >= 15 is 0 Å². The van der Waals surface area contributed by atoms with Crippen LogP contribution < -0.4 is 0 Å². The highest BCUT2D eigenvalue weighted by atomic mass is 16.6. The molecule has 3 saturated carbocycles. The number of allylic oxidation sites excluding steroid dienone is 1. The summed E-state index contributed by atoms with van der Waals surface area (Å²) >= 11 is 0. The van der Waals surface area contributed by atoms with E-state index in [0.717, 1.165) is 24.8 Å². The van der Waals surface area contributed by atoms with Crippen molar-refractivity contribution in [3.8, 4) is 0 Å². The van der Waals surface area contributed by atoms with Gasteiger partial charge in [-0.25, -0.2) is 0 Å². The fourth-order valence-corrected chi connectivity index (χ4v) is 8.17. The molecular formula is C28H40O7. The second-order valence-electron chi connectivity index (χ2n) is 11.6. The predicted octanol–water partition coefficient (Wildman–Crippen LogP) is 4.09.